The molecule has 256 valence electrons. The highest BCUT2D eigenvalue weighted by Crippen LogP contribution is 2.33. The van der Waals surface area contributed by atoms with E-state index in [4.69, 9.17) is 14.2 Å². The lowest BCUT2D eigenvalue weighted by atomic mass is 10.0. The molecule has 11 nitrogen and oxygen atoms in total. The third kappa shape index (κ3) is 9.80. The Kier molecular flexibility index (Phi) is 13.8. The van der Waals surface area contributed by atoms with Crippen molar-refractivity contribution in [2.24, 2.45) is 0 Å². The van der Waals surface area contributed by atoms with Crippen LogP contribution in [0.5, 0.6) is 23.0 Å². The summed E-state index contributed by atoms with van der Waals surface area (Å²) >= 11 is 0. The van der Waals surface area contributed by atoms with Gasteiger partial charge in [-0.3, -0.25) is 19.3 Å². The fourth-order valence-corrected chi connectivity index (χ4v) is 5.66. The fraction of sp³-hybridized carbons (Fsp3) is 0.405. The van der Waals surface area contributed by atoms with Crippen molar-refractivity contribution < 1.29 is 43.6 Å². The number of methoxy groups -OCH3 is 1. The molecule has 0 bridgehead atoms. The molecule has 4 rings (SSSR count). The number of phenolic OH excluding ortho intramolecular Hbond substituents is 1. The number of benzene rings is 3. The Morgan fingerprint density at radius 3 is 2.42 bits per heavy atom. The Hall–Kier alpha value is -4.90. The number of carbonyl (C=O) groups is 4. The number of rotatable bonds is 21. The summed E-state index contributed by atoms with van der Waals surface area (Å²) in [6.45, 7) is 0.395. The normalized spacial score (nSPS) is 12.8. The lowest BCUT2D eigenvalue weighted by Crippen LogP contribution is -2.42. The van der Waals surface area contributed by atoms with Crippen LogP contribution in [-0.2, 0) is 22.4 Å². The molecule has 3 aromatic carbocycles. The second-order valence-corrected chi connectivity index (χ2v) is 11.6. The molecule has 11 heteroatoms. The van der Waals surface area contributed by atoms with Crippen molar-refractivity contribution in [3.8, 4) is 23.0 Å². The number of ether oxygens (including phenoxy) is 3. The maximum absolute atomic E-state index is 13.1. The van der Waals surface area contributed by atoms with Crippen LogP contribution in [0.1, 0.15) is 76.8 Å². The number of hydrogen-bond donors (Lipinski definition) is 3. The number of aryl methyl sites for hydroxylation is 2. The predicted octanol–water partition coefficient (Wildman–Crippen LogP) is 4.65. The predicted molar refractivity (Wildman–Crippen MR) is 179 cm³/mol. The Morgan fingerprint density at radius 1 is 0.896 bits per heavy atom. The first-order valence-electron chi connectivity index (χ1n) is 16.4. The van der Waals surface area contributed by atoms with Gasteiger partial charge in [-0.1, -0.05) is 37.1 Å². The van der Waals surface area contributed by atoms with E-state index in [-0.39, 0.29) is 42.2 Å². The molecule has 3 amide bonds. The Balaban J connectivity index is 1.09. The fourth-order valence-electron chi connectivity index (χ4n) is 5.66. The molecule has 3 N–H and O–H groups in total. The Labute approximate surface area is 280 Å². The summed E-state index contributed by atoms with van der Waals surface area (Å²) in [6.07, 6.45) is 6.81. The molecule has 1 aliphatic rings. The molecule has 1 unspecified atom stereocenters. The number of nitrogens with zero attached hydrogens (tertiary/aromatic N) is 1. The van der Waals surface area contributed by atoms with Gasteiger partial charge in [-0.2, -0.15) is 0 Å². The second kappa shape index (κ2) is 18.4. The van der Waals surface area contributed by atoms with Crippen LogP contribution in [0.3, 0.4) is 0 Å². The first-order chi connectivity index (χ1) is 23.4. The van der Waals surface area contributed by atoms with Crippen LogP contribution in [0.25, 0.3) is 0 Å². The zero-order valence-electron chi connectivity index (χ0n) is 27.3. The highest BCUT2D eigenvalue weighted by atomic mass is 16.5. The van der Waals surface area contributed by atoms with Crippen LogP contribution in [0.4, 0.5) is 0 Å². The van der Waals surface area contributed by atoms with Gasteiger partial charge in [-0.15, -0.1) is 0 Å². The Morgan fingerprint density at radius 2 is 1.67 bits per heavy atom. The van der Waals surface area contributed by atoms with Gasteiger partial charge in [0.1, 0.15) is 17.8 Å². The number of unbranched alkanes of at least 4 members (excludes halogenated alkanes) is 3. The average Bonchev–Trinajstić information content (AvgIpc) is 3.35. The number of fused-ring (bicyclic) bond motifs is 1. The zero-order valence-corrected chi connectivity index (χ0v) is 27.3. The number of aliphatic hydroxyl groups excluding tert-OH is 1. The minimum atomic E-state index is -0.765. The molecule has 0 saturated carbocycles. The minimum Gasteiger partial charge on any atom is -0.504 e. The smallest absolute Gasteiger partial charge is 0.265 e. The summed E-state index contributed by atoms with van der Waals surface area (Å²) in [5.74, 6) is 0.350. The van der Waals surface area contributed by atoms with E-state index in [1.165, 1.54) is 7.11 Å². The van der Waals surface area contributed by atoms with Crippen LogP contribution < -0.4 is 19.5 Å². The molecule has 0 radical (unpaired) electrons. The van der Waals surface area contributed by atoms with E-state index in [1.54, 1.807) is 30.3 Å². The van der Waals surface area contributed by atoms with Crippen molar-refractivity contribution in [1.82, 2.24) is 10.2 Å². The zero-order chi connectivity index (χ0) is 34.3. The number of amides is 3. The highest BCUT2D eigenvalue weighted by molar-refractivity contribution is 6.22. The molecule has 1 atom stereocenters. The molecule has 0 fully saturated rings. The van der Waals surface area contributed by atoms with Crippen molar-refractivity contribution in [3.63, 3.8) is 0 Å². The second-order valence-electron chi connectivity index (χ2n) is 11.6. The van der Waals surface area contributed by atoms with Crippen molar-refractivity contribution >= 4 is 24.0 Å². The van der Waals surface area contributed by atoms with Crippen molar-refractivity contribution in [2.45, 2.75) is 63.8 Å². The first-order valence-corrected chi connectivity index (χ1v) is 16.4. The number of nitrogens with one attached hydrogen (secondary N) is 1. The summed E-state index contributed by atoms with van der Waals surface area (Å²) in [5, 5.41) is 22.6. The van der Waals surface area contributed by atoms with E-state index in [0.717, 1.165) is 61.0 Å². The standard InChI is InChI=1S/C37H44N2O9/c1-46-32-18-17-27(23-31(32)42)11-6-10-26-12-7-14-29(22-26)48-25-34(43)38-19-4-2-3-5-21-47-33-16-8-15-30-35(33)37(45)39(36(30)44)28(24-41)13-9-20-40/h7-8,12,14-18,20,22-23,28,41-42H,2-6,9-11,13,19,21,24-25H2,1H3,(H,38,43). The summed E-state index contributed by atoms with van der Waals surface area (Å²) in [5.41, 5.74) is 2.56. The topological polar surface area (TPSA) is 152 Å². The van der Waals surface area contributed by atoms with E-state index >= 15 is 0 Å². The average molecular weight is 661 g/mol. The van der Waals surface area contributed by atoms with Gasteiger partial charge < -0.3 is 34.5 Å². The van der Waals surface area contributed by atoms with Gasteiger partial charge in [0, 0.05) is 13.0 Å². The summed E-state index contributed by atoms with van der Waals surface area (Å²) in [7, 11) is 1.52. The number of carbonyl (C=O) groups excluding carboxylic acids is 4. The van der Waals surface area contributed by atoms with Gasteiger partial charge in [-0.25, -0.2) is 0 Å². The van der Waals surface area contributed by atoms with E-state index in [1.807, 2.05) is 30.3 Å². The lowest BCUT2D eigenvalue weighted by Gasteiger charge is -2.23. The van der Waals surface area contributed by atoms with Crippen LogP contribution in [-0.4, -0.2) is 78.6 Å². The SMILES string of the molecule is COc1ccc(CCCc2cccc(OCC(=O)NCCCCCCOc3cccc4c3C(=O)N(C(CO)CCC=O)C4=O)c2)cc1O. The largest absolute Gasteiger partial charge is 0.504 e. The maximum atomic E-state index is 13.1. The van der Waals surface area contributed by atoms with E-state index < -0.39 is 24.5 Å². The monoisotopic (exact) mass is 660 g/mol. The van der Waals surface area contributed by atoms with Crippen LogP contribution in [0.15, 0.2) is 60.7 Å². The molecule has 48 heavy (non-hydrogen) atoms. The number of phenols is 1. The number of imide groups is 1. The molecule has 0 spiro atoms. The van der Waals surface area contributed by atoms with Gasteiger partial charge >= 0.3 is 0 Å². The molecule has 1 aliphatic heterocycles. The van der Waals surface area contributed by atoms with E-state index in [0.29, 0.717) is 36.7 Å². The van der Waals surface area contributed by atoms with Crippen molar-refractivity contribution in [3.05, 3.63) is 82.9 Å². The molecule has 1 heterocycles. The molecular weight excluding hydrogens is 616 g/mol. The van der Waals surface area contributed by atoms with E-state index in [2.05, 4.69) is 5.32 Å². The van der Waals surface area contributed by atoms with Crippen LogP contribution in [0, 0.1) is 0 Å². The van der Waals surface area contributed by atoms with Gasteiger partial charge in [0.15, 0.2) is 18.1 Å². The maximum Gasteiger partial charge on any atom is 0.265 e. The molecule has 0 saturated heterocycles. The third-order valence-corrected chi connectivity index (χ3v) is 8.20. The summed E-state index contributed by atoms with van der Waals surface area (Å²) in [6, 6.07) is 17.2. The number of hydrogen-bond acceptors (Lipinski definition) is 9. The number of aldehydes is 1. The van der Waals surface area contributed by atoms with E-state index in [9.17, 15) is 29.4 Å². The van der Waals surface area contributed by atoms with Gasteiger partial charge in [0.2, 0.25) is 0 Å². The molecule has 0 aliphatic carbocycles. The molecular formula is C37H44N2O9. The van der Waals surface area contributed by atoms with Gasteiger partial charge in [0.05, 0.1) is 37.5 Å². The van der Waals surface area contributed by atoms with Crippen LogP contribution in [0.2, 0.25) is 0 Å². The van der Waals surface area contributed by atoms with Gasteiger partial charge in [-0.05, 0) is 86.1 Å². The lowest BCUT2D eigenvalue weighted by molar-refractivity contribution is -0.123. The summed E-state index contributed by atoms with van der Waals surface area (Å²) in [4.78, 5) is 50.1. The highest BCUT2D eigenvalue weighted by Gasteiger charge is 2.41. The minimum absolute atomic E-state index is 0.0708. The summed E-state index contributed by atoms with van der Waals surface area (Å²) < 4.78 is 16.7. The number of aromatic hydroxyl groups is 1. The Bertz CT molecular complexity index is 1560. The number of aliphatic hydroxyl groups is 1. The first kappa shape index (κ1) is 35.9. The van der Waals surface area contributed by atoms with Crippen LogP contribution >= 0.6 is 0 Å². The third-order valence-electron chi connectivity index (χ3n) is 8.20. The molecule has 0 aromatic heterocycles. The quantitative estimate of drug-likeness (QED) is 0.0843. The van der Waals surface area contributed by atoms with Crippen molar-refractivity contribution in [1.29, 1.82) is 0 Å². The van der Waals surface area contributed by atoms with Crippen molar-refractivity contribution in [2.75, 3.05) is 33.5 Å². The molecule has 3 aromatic rings. The van der Waals surface area contributed by atoms with Gasteiger partial charge in [0.25, 0.3) is 17.7 Å².